The van der Waals surface area contributed by atoms with Crippen molar-refractivity contribution in [3.05, 3.63) is 28.2 Å². The summed E-state index contributed by atoms with van der Waals surface area (Å²) in [5.41, 5.74) is 8.27. The third-order valence-electron chi connectivity index (χ3n) is 3.72. The largest absolute Gasteiger partial charge is 0.376 e. The number of hydrogen-bond acceptors (Lipinski definition) is 3. The molecule has 3 unspecified atom stereocenters. The number of halogens is 1. The van der Waals surface area contributed by atoms with Gasteiger partial charge >= 0.3 is 0 Å². The second-order valence-electron chi connectivity index (χ2n) is 5.04. The van der Waals surface area contributed by atoms with E-state index in [0.717, 1.165) is 23.1 Å². The highest BCUT2D eigenvalue weighted by Gasteiger charge is 2.28. The van der Waals surface area contributed by atoms with Crippen molar-refractivity contribution in [2.45, 2.75) is 38.5 Å². The molecule has 0 spiro atoms. The summed E-state index contributed by atoms with van der Waals surface area (Å²) >= 11 is 3.60. The Hall–Kier alpha value is -0.580. The predicted molar refractivity (Wildman–Crippen MR) is 79.0 cm³/mol. The van der Waals surface area contributed by atoms with Crippen LogP contribution < -0.4 is 10.6 Å². The van der Waals surface area contributed by atoms with E-state index in [9.17, 15) is 0 Å². The van der Waals surface area contributed by atoms with E-state index in [4.69, 9.17) is 10.5 Å². The lowest BCUT2D eigenvalue weighted by Crippen LogP contribution is -2.36. The monoisotopic (exact) mass is 312 g/mol. The van der Waals surface area contributed by atoms with Gasteiger partial charge in [-0.15, -0.1) is 0 Å². The summed E-state index contributed by atoms with van der Waals surface area (Å²) in [6, 6.07) is 6.88. The van der Waals surface area contributed by atoms with Gasteiger partial charge in [-0.05, 0) is 38.0 Å². The average molecular weight is 313 g/mol. The van der Waals surface area contributed by atoms with Gasteiger partial charge in [-0.2, -0.15) is 0 Å². The molecule has 0 amide bonds. The number of ether oxygens (including phenoxy) is 1. The van der Waals surface area contributed by atoms with Crippen molar-refractivity contribution in [3.8, 4) is 0 Å². The fourth-order valence-electron chi connectivity index (χ4n) is 2.53. The van der Waals surface area contributed by atoms with Crippen LogP contribution in [0.5, 0.6) is 0 Å². The zero-order valence-electron chi connectivity index (χ0n) is 11.2. The van der Waals surface area contributed by atoms with Gasteiger partial charge in [0.1, 0.15) is 0 Å². The molecule has 2 rings (SSSR count). The third-order valence-corrected chi connectivity index (χ3v) is 4.40. The van der Waals surface area contributed by atoms with Gasteiger partial charge in [-0.25, -0.2) is 0 Å². The number of benzene rings is 1. The Morgan fingerprint density at radius 3 is 2.72 bits per heavy atom. The Morgan fingerprint density at radius 1 is 1.50 bits per heavy atom. The molecule has 1 aliphatic heterocycles. The molecular formula is C14H21BrN2O. The molecule has 0 saturated carbocycles. The Kier molecular flexibility index (Phi) is 4.30. The van der Waals surface area contributed by atoms with Crippen LogP contribution in [-0.4, -0.2) is 25.8 Å². The molecule has 1 aliphatic rings. The molecule has 0 bridgehead atoms. The topological polar surface area (TPSA) is 38.5 Å². The van der Waals surface area contributed by atoms with Crippen molar-refractivity contribution in [2.24, 2.45) is 5.73 Å². The van der Waals surface area contributed by atoms with E-state index in [1.807, 2.05) is 6.92 Å². The minimum absolute atomic E-state index is 0.0486. The van der Waals surface area contributed by atoms with E-state index in [-0.39, 0.29) is 6.04 Å². The van der Waals surface area contributed by atoms with Gasteiger partial charge in [0, 0.05) is 29.9 Å². The first-order chi connectivity index (χ1) is 8.50. The molecule has 3 atom stereocenters. The van der Waals surface area contributed by atoms with Crippen LogP contribution in [0.3, 0.4) is 0 Å². The van der Waals surface area contributed by atoms with Gasteiger partial charge in [-0.1, -0.05) is 22.0 Å². The molecule has 4 heteroatoms. The molecule has 1 heterocycles. The predicted octanol–water partition coefficient (Wildman–Crippen LogP) is 3.08. The van der Waals surface area contributed by atoms with Gasteiger partial charge in [0.15, 0.2) is 0 Å². The summed E-state index contributed by atoms with van der Waals surface area (Å²) in [7, 11) is 2.13. The molecule has 1 aromatic rings. The van der Waals surface area contributed by atoms with Crippen molar-refractivity contribution in [1.82, 2.24) is 0 Å². The molecule has 0 aliphatic carbocycles. The quantitative estimate of drug-likeness (QED) is 0.932. The maximum Gasteiger partial charge on any atom is 0.0750 e. The number of rotatable bonds is 3. The van der Waals surface area contributed by atoms with Crippen LogP contribution in [0.25, 0.3) is 0 Å². The second-order valence-corrected chi connectivity index (χ2v) is 5.89. The Morgan fingerprint density at radius 2 is 2.22 bits per heavy atom. The van der Waals surface area contributed by atoms with Crippen molar-refractivity contribution in [2.75, 3.05) is 18.6 Å². The highest BCUT2D eigenvalue weighted by molar-refractivity contribution is 9.10. The van der Waals surface area contributed by atoms with E-state index >= 15 is 0 Å². The van der Waals surface area contributed by atoms with E-state index in [2.05, 4.69) is 53.0 Å². The highest BCUT2D eigenvalue weighted by Crippen LogP contribution is 2.30. The fraction of sp³-hybridized carbons (Fsp3) is 0.571. The zero-order chi connectivity index (χ0) is 13.3. The fourth-order valence-corrected chi connectivity index (χ4v) is 3.25. The van der Waals surface area contributed by atoms with Gasteiger partial charge in [0.25, 0.3) is 0 Å². The van der Waals surface area contributed by atoms with Gasteiger partial charge < -0.3 is 15.4 Å². The zero-order valence-corrected chi connectivity index (χ0v) is 12.8. The van der Waals surface area contributed by atoms with Crippen molar-refractivity contribution >= 4 is 21.6 Å². The summed E-state index contributed by atoms with van der Waals surface area (Å²) < 4.78 is 6.70. The summed E-state index contributed by atoms with van der Waals surface area (Å²) in [5.74, 6) is 0. The van der Waals surface area contributed by atoms with Crippen molar-refractivity contribution < 1.29 is 4.74 Å². The van der Waals surface area contributed by atoms with Gasteiger partial charge in [0.2, 0.25) is 0 Å². The third kappa shape index (κ3) is 2.71. The summed E-state index contributed by atoms with van der Waals surface area (Å²) in [5, 5.41) is 0. The number of anilines is 1. The normalized spacial score (nSPS) is 25.2. The Labute approximate surface area is 117 Å². The van der Waals surface area contributed by atoms with Crippen LogP contribution in [0.2, 0.25) is 0 Å². The molecule has 0 aromatic heterocycles. The number of likely N-dealkylation sites (N-methyl/N-ethyl adjacent to an activating group) is 1. The van der Waals surface area contributed by atoms with Crippen LogP contribution in [0.1, 0.15) is 31.9 Å². The average Bonchev–Trinajstić information content (AvgIpc) is 2.74. The lowest BCUT2D eigenvalue weighted by Gasteiger charge is -2.29. The molecule has 18 heavy (non-hydrogen) atoms. The molecule has 100 valence electrons. The lowest BCUT2D eigenvalue weighted by atomic mass is 10.1. The maximum absolute atomic E-state index is 5.92. The molecule has 1 aromatic carbocycles. The van der Waals surface area contributed by atoms with Crippen LogP contribution in [0, 0.1) is 0 Å². The number of nitrogens with two attached hydrogens (primary N) is 1. The molecule has 2 N–H and O–H groups in total. The van der Waals surface area contributed by atoms with Crippen LogP contribution in [0.15, 0.2) is 22.7 Å². The van der Waals surface area contributed by atoms with E-state index in [1.165, 1.54) is 5.69 Å². The SMILES string of the molecule is CC(N)c1ccc(N(C)C2CCOC2C)cc1Br. The standard InChI is InChI=1S/C14H21BrN2O/c1-9(16)12-5-4-11(8-13(12)15)17(3)14-6-7-18-10(14)2/h4-5,8-10,14H,6-7,16H2,1-3H3. The Balaban J connectivity index is 2.21. The van der Waals surface area contributed by atoms with Crippen LogP contribution in [0.4, 0.5) is 5.69 Å². The second kappa shape index (κ2) is 5.59. The van der Waals surface area contributed by atoms with E-state index in [0.29, 0.717) is 12.1 Å². The van der Waals surface area contributed by atoms with Crippen molar-refractivity contribution in [1.29, 1.82) is 0 Å². The molecule has 1 fully saturated rings. The van der Waals surface area contributed by atoms with Crippen LogP contribution >= 0.6 is 15.9 Å². The van der Waals surface area contributed by atoms with E-state index in [1.54, 1.807) is 0 Å². The number of hydrogen-bond donors (Lipinski definition) is 1. The summed E-state index contributed by atoms with van der Waals surface area (Å²) in [6.45, 7) is 4.99. The first-order valence-electron chi connectivity index (χ1n) is 6.40. The minimum Gasteiger partial charge on any atom is -0.376 e. The van der Waals surface area contributed by atoms with Crippen molar-refractivity contribution in [3.63, 3.8) is 0 Å². The first kappa shape index (κ1) is 13.8. The highest BCUT2D eigenvalue weighted by atomic mass is 79.9. The Bertz CT molecular complexity index is 422. The lowest BCUT2D eigenvalue weighted by molar-refractivity contribution is 0.118. The molecule has 0 radical (unpaired) electrons. The summed E-state index contributed by atoms with van der Waals surface area (Å²) in [4.78, 5) is 2.30. The smallest absolute Gasteiger partial charge is 0.0750 e. The maximum atomic E-state index is 5.92. The molecule has 1 saturated heterocycles. The first-order valence-corrected chi connectivity index (χ1v) is 7.19. The minimum atomic E-state index is 0.0486. The van der Waals surface area contributed by atoms with Crippen LogP contribution in [-0.2, 0) is 4.74 Å². The molecular weight excluding hydrogens is 292 g/mol. The summed E-state index contributed by atoms with van der Waals surface area (Å²) in [6.07, 6.45) is 1.38. The molecule has 3 nitrogen and oxygen atoms in total. The van der Waals surface area contributed by atoms with E-state index < -0.39 is 0 Å². The number of nitrogens with zero attached hydrogens (tertiary/aromatic N) is 1. The van der Waals surface area contributed by atoms with Gasteiger partial charge in [-0.3, -0.25) is 0 Å². The van der Waals surface area contributed by atoms with Gasteiger partial charge in [0.05, 0.1) is 12.1 Å².